The first kappa shape index (κ1) is 17.9. The third kappa shape index (κ3) is 7.02. The summed E-state index contributed by atoms with van der Waals surface area (Å²) in [5, 5.41) is 13.0. The van der Waals surface area contributed by atoms with Crippen LogP contribution in [-0.4, -0.2) is 62.6 Å². The van der Waals surface area contributed by atoms with Crippen LogP contribution in [0.25, 0.3) is 0 Å². The second-order valence-corrected chi connectivity index (χ2v) is 7.06. The first-order valence-electron chi connectivity index (χ1n) is 8.09. The zero-order valence-corrected chi connectivity index (χ0v) is 13.8. The summed E-state index contributed by atoms with van der Waals surface area (Å²) in [5.74, 6) is 0.685. The number of rotatable bonds is 9. The molecule has 1 rings (SSSR count). The van der Waals surface area contributed by atoms with E-state index in [9.17, 15) is 5.11 Å². The van der Waals surface area contributed by atoms with E-state index >= 15 is 0 Å². The van der Waals surface area contributed by atoms with Gasteiger partial charge in [0, 0.05) is 31.7 Å². The molecule has 1 fully saturated rings. The number of nitrogens with zero attached hydrogens (tertiary/aromatic N) is 1. The standard InChI is InChI=1S/C16H34N2O2/c1-14(2)10-17-11-16(7-5-9-20-13-16)12-18(4)8-6-15(3)19/h14-15,17,19H,5-13H2,1-4H3. The lowest BCUT2D eigenvalue weighted by Crippen LogP contribution is -2.49. The smallest absolute Gasteiger partial charge is 0.0546 e. The van der Waals surface area contributed by atoms with Gasteiger partial charge in [-0.2, -0.15) is 0 Å². The lowest BCUT2D eigenvalue weighted by atomic mass is 9.81. The van der Waals surface area contributed by atoms with Crippen LogP contribution >= 0.6 is 0 Å². The number of aliphatic hydroxyl groups excluding tert-OH is 1. The van der Waals surface area contributed by atoms with Crippen LogP contribution in [0.1, 0.15) is 40.0 Å². The molecule has 1 saturated heterocycles. The molecule has 2 unspecified atom stereocenters. The van der Waals surface area contributed by atoms with Gasteiger partial charge in [0.15, 0.2) is 0 Å². The van der Waals surface area contributed by atoms with Crippen molar-refractivity contribution in [3.05, 3.63) is 0 Å². The van der Waals surface area contributed by atoms with Crippen LogP contribution in [0.2, 0.25) is 0 Å². The third-order valence-corrected chi connectivity index (χ3v) is 3.99. The van der Waals surface area contributed by atoms with E-state index in [1.807, 2.05) is 6.92 Å². The molecule has 0 aromatic carbocycles. The van der Waals surface area contributed by atoms with Gasteiger partial charge in [0.25, 0.3) is 0 Å². The number of hydrogen-bond acceptors (Lipinski definition) is 4. The Bertz CT molecular complexity index is 251. The fraction of sp³-hybridized carbons (Fsp3) is 1.00. The molecule has 0 bridgehead atoms. The highest BCUT2D eigenvalue weighted by Gasteiger charge is 2.33. The van der Waals surface area contributed by atoms with Gasteiger partial charge in [-0.05, 0) is 45.7 Å². The molecule has 0 aliphatic carbocycles. The lowest BCUT2D eigenvalue weighted by molar-refractivity contribution is -0.0240. The molecule has 1 heterocycles. The van der Waals surface area contributed by atoms with Gasteiger partial charge in [-0.15, -0.1) is 0 Å². The van der Waals surface area contributed by atoms with Crippen molar-refractivity contribution in [2.24, 2.45) is 11.3 Å². The van der Waals surface area contributed by atoms with Crippen LogP contribution in [0, 0.1) is 11.3 Å². The van der Waals surface area contributed by atoms with E-state index in [0.717, 1.165) is 52.2 Å². The number of ether oxygens (including phenoxy) is 1. The van der Waals surface area contributed by atoms with E-state index in [1.54, 1.807) is 0 Å². The summed E-state index contributed by atoms with van der Waals surface area (Å²) in [6, 6.07) is 0. The summed E-state index contributed by atoms with van der Waals surface area (Å²) >= 11 is 0. The Balaban J connectivity index is 2.45. The monoisotopic (exact) mass is 286 g/mol. The van der Waals surface area contributed by atoms with Gasteiger partial charge in [-0.1, -0.05) is 13.8 Å². The Kier molecular flexibility index (Phi) is 8.03. The number of aliphatic hydroxyl groups is 1. The van der Waals surface area contributed by atoms with E-state index in [2.05, 4.69) is 31.1 Å². The normalized spacial score (nSPS) is 25.4. The predicted molar refractivity (Wildman–Crippen MR) is 84.0 cm³/mol. The summed E-state index contributed by atoms with van der Waals surface area (Å²) < 4.78 is 5.75. The quantitative estimate of drug-likeness (QED) is 0.677. The van der Waals surface area contributed by atoms with Crippen molar-refractivity contribution in [2.75, 3.05) is 46.4 Å². The van der Waals surface area contributed by atoms with Crippen LogP contribution in [0.3, 0.4) is 0 Å². The van der Waals surface area contributed by atoms with E-state index in [1.165, 1.54) is 6.42 Å². The first-order chi connectivity index (χ1) is 9.43. The molecule has 20 heavy (non-hydrogen) atoms. The summed E-state index contributed by atoms with van der Waals surface area (Å²) in [4.78, 5) is 2.35. The molecule has 0 aromatic rings. The molecule has 2 N–H and O–H groups in total. The van der Waals surface area contributed by atoms with Gasteiger partial charge in [-0.25, -0.2) is 0 Å². The molecule has 0 saturated carbocycles. The molecule has 4 nitrogen and oxygen atoms in total. The molecular formula is C16H34N2O2. The highest BCUT2D eigenvalue weighted by molar-refractivity contribution is 4.87. The fourth-order valence-electron chi connectivity index (χ4n) is 2.91. The topological polar surface area (TPSA) is 44.7 Å². The van der Waals surface area contributed by atoms with Gasteiger partial charge in [0.2, 0.25) is 0 Å². The van der Waals surface area contributed by atoms with Gasteiger partial charge in [0.05, 0.1) is 12.7 Å². The minimum atomic E-state index is -0.213. The number of nitrogens with one attached hydrogen (secondary N) is 1. The highest BCUT2D eigenvalue weighted by Crippen LogP contribution is 2.29. The SMILES string of the molecule is CC(C)CNCC1(CN(C)CCC(C)O)CCCOC1. The van der Waals surface area contributed by atoms with Gasteiger partial charge in [0.1, 0.15) is 0 Å². The second-order valence-electron chi connectivity index (χ2n) is 7.06. The summed E-state index contributed by atoms with van der Waals surface area (Å²) in [6.45, 7) is 12.2. The predicted octanol–water partition coefficient (Wildman–Crippen LogP) is 1.73. The second kappa shape index (κ2) is 8.98. The molecule has 0 amide bonds. The van der Waals surface area contributed by atoms with Crippen molar-refractivity contribution in [3.8, 4) is 0 Å². The molecule has 0 spiro atoms. The van der Waals surface area contributed by atoms with Crippen LogP contribution in [-0.2, 0) is 4.74 Å². The summed E-state index contributed by atoms with van der Waals surface area (Å²) in [6.07, 6.45) is 3.02. The van der Waals surface area contributed by atoms with E-state index in [4.69, 9.17) is 4.74 Å². The van der Waals surface area contributed by atoms with Crippen LogP contribution < -0.4 is 5.32 Å². The molecule has 2 atom stereocenters. The zero-order valence-electron chi connectivity index (χ0n) is 13.8. The molecular weight excluding hydrogens is 252 g/mol. The van der Waals surface area contributed by atoms with Crippen molar-refractivity contribution >= 4 is 0 Å². The Labute approximate surface area is 124 Å². The lowest BCUT2D eigenvalue weighted by Gasteiger charge is -2.40. The van der Waals surface area contributed by atoms with Gasteiger partial charge >= 0.3 is 0 Å². The van der Waals surface area contributed by atoms with Crippen molar-refractivity contribution < 1.29 is 9.84 Å². The van der Waals surface area contributed by atoms with Crippen LogP contribution in [0.4, 0.5) is 0 Å². The van der Waals surface area contributed by atoms with Gasteiger partial charge < -0.3 is 20.1 Å². The average molecular weight is 286 g/mol. The molecule has 0 aromatic heterocycles. The highest BCUT2D eigenvalue weighted by atomic mass is 16.5. The first-order valence-corrected chi connectivity index (χ1v) is 8.09. The van der Waals surface area contributed by atoms with Crippen molar-refractivity contribution in [1.82, 2.24) is 10.2 Å². The van der Waals surface area contributed by atoms with E-state index < -0.39 is 0 Å². The van der Waals surface area contributed by atoms with Crippen molar-refractivity contribution in [2.45, 2.75) is 46.1 Å². The fourth-order valence-corrected chi connectivity index (χ4v) is 2.91. The van der Waals surface area contributed by atoms with Crippen LogP contribution in [0.5, 0.6) is 0 Å². The molecule has 0 radical (unpaired) electrons. The average Bonchev–Trinajstić information content (AvgIpc) is 2.37. The van der Waals surface area contributed by atoms with Crippen molar-refractivity contribution in [1.29, 1.82) is 0 Å². The van der Waals surface area contributed by atoms with E-state index in [-0.39, 0.29) is 11.5 Å². The molecule has 1 aliphatic rings. The maximum absolute atomic E-state index is 9.41. The molecule has 120 valence electrons. The Morgan fingerprint density at radius 2 is 2.10 bits per heavy atom. The maximum atomic E-state index is 9.41. The summed E-state index contributed by atoms with van der Waals surface area (Å²) in [5.41, 5.74) is 0.237. The minimum absolute atomic E-state index is 0.213. The van der Waals surface area contributed by atoms with E-state index in [0.29, 0.717) is 5.92 Å². The Hall–Kier alpha value is -0.160. The molecule has 4 heteroatoms. The van der Waals surface area contributed by atoms with Crippen LogP contribution in [0.15, 0.2) is 0 Å². The maximum Gasteiger partial charge on any atom is 0.0546 e. The minimum Gasteiger partial charge on any atom is -0.393 e. The zero-order chi connectivity index (χ0) is 15.0. The Morgan fingerprint density at radius 3 is 2.65 bits per heavy atom. The third-order valence-electron chi connectivity index (χ3n) is 3.99. The number of hydrogen-bond donors (Lipinski definition) is 2. The largest absolute Gasteiger partial charge is 0.393 e. The Morgan fingerprint density at radius 1 is 1.35 bits per heavy atom. The molecule has 1 aliphatic heterocycles. The van der Waals surface area contributed by atoms with Gasteiger partial charge in [-0.3, -0.25) is 0 Å². The summed E-state index contributed by atoms with van der Waals surface area (Å²) in [7, 11) is 2.15. The van der Waals surface area contributed by atoms with Crippen molar-refractivity contribution in [3.63, 3.8) is 0 Å².